The van der Waals surface area contributed by atoms with Gasteiger partial charge in [0.1, 0.15) is 11.8 Å². The SMILES string of the molecule is COc1cc(OC)c(C(c2cc(C)cs2)N2CCCCC2C(=O)O)cc1OC. The van der Waals surface area contributed by atoms with Crippen LogP contribution in [-0.4, -0.2) is 49.9 Å². The largest absolute Gasteiger partial charge is 0.496 e. The number of ether oxygens (including phenoxy) is 3. The fraction of sp³-hybridized carbons (Fsp3) is 0.476. The molecule has 0 aliphatic carbocycles. The zero-order chi connectivity index (χ0) is 20.3. The topological polar surface area (TPSA) is 68.2 Å². The number of aliphatic carboxylic acids is 1. The number of aryl methyl sites for hydroxylation is 1. The summed E-state index contributed by atoms with van der Waals surface area (Å²) in [5, 5.41) is 11.9. The predicted molar refractivity (Wildman–Crippen MR) is 109 cm³/mol. The number of methoxy groups -OCH3 is 3. The first-order chi connectivity index (χ1) is 13.5. The standard InChI is InChI=1S/C21H27NO5S/c1-13-9-19(28-12-13)20(22-8-6-5-7-15(22)21(23)24)14-10-17(26-3)18(27-4)11-16(14)25-2/h9-12,15,20H,5-8H2,1-4H3,(H,23,24). The monoisotopic (exact) mass is 405 g/mol. The highest BCUT2D eigenvalue weighted by molar-refractivity contribution is 7.10. The Morgan fingerprint density at radius 3 is 2.36 bits per heavy atom. The molecule has 0 saturated carbocycles. The molecule has 1 aliphatic heterocycles. The molecule has 0 spiro atoms. The van der Waals surface area contributed by atoms with Gasteiger partial charge in [0.05, 0.1) is 27.4 Å². The van der Waals surface area contributed by atoms with Gasteiger partial charge in [-0.25, -0.2) is 0 Å². The van der Waals surface area contributed by atoms with E-state index < -0.39 is 12.0 Å². The van der Waals surface area contributed by atoms with Crippen molar-refractivity contribution in [3.8, 4) is 17.2 Å². The fourth-order valence-corrected chi connectivity index (χ4v) is 4.92. The molecule has 28 heavy (non-hydrogen) atoms. The molecule has 0 bridgehead atoms. The average molecular weight is 406 g/mol. The minimum absolute atomic E-state index is 0.227. The van der Waals surface area contributed by atoms with E-state index in [0.717, 1.165) is 35.4 Å². The summed E-state index contributed by atoms with van der Waals surface area (Å²) < 4.78 is 16.6. The van der Waals surface area contributed by atoms with Gasteiger partial charge in [-0.05, 0) is 49.4 Å². The number of piperidine rings is 1. The van der Waals surface area contributed by atoms with Gasteiger partial charge in [0.2, 0.25) is 0 Å². The molecule has 6 nitrogen and oxygen atoms in total. The summed E-state index contributed by atoms with van der Waals surface area (Å²) in [5.74, 6) is 1.05. The van der Waals surface area contributed by atoms with E-state index in [1.807, 2.05) is 13.0 Å². The molecule has 0 radical (unpaired) electrons. The van der Waals surface area contributed by atoms with Gasteiger partial charge in [-0.15, -0.1) is 11.3 Å². The van der Waals surface area contributed by atoms with Gasteiger partial charge in [-0.2, -0.15) is 0 Å². The van der Waals surface area contributed by atoms with Crippen molar-refractivity contribution >= 4 is 17.3 Å². The zero-order valence-corrected chi connectivity index (χ0v) is 17.5. The Morgan fingerprint density at radius 1 is 1.11 bits per heavy atom. The van der Waals surface area contributed by atoms with Crippen LogP contribution in [0.4, 0.5) is 0 Å². The van der Waals surface area contributed by atoms with Crippen LogP contribution >= 0.6 is 11.3 Å². The Kier molecular flexibility index (Phi) is 6.46. The summed E-state index contributed by atoms with van der Waals surface area (Å²) in [6, 6.07) is 5.08. The van der Waals surface area contributed by atoms with Crippen LogP contribution in [0.1, 0.15) is 41.3 Å². The Morgan fingerprint density at radius 2 is 1.79 bits per heavy atom. The van der Waals surface area contributed by atoms with Crippen molar-refractivity contribution in [2.45, 2.75) is 38.3 Å². The predicted octanol–water partition coefficient (Wildman–Crippen LogP) is 4.11. The van der Waals surface area contributed by atoms with Crippen LogP contribution in [0.2, 0.25) is 0 Å². The zero-order valence-electron chi connectivity index (χ0n) is 16.7. The summed E-state index contributed by atoms with van der Waals surface area (Å²) in [6.45, 7) is 2.77. The van der Waals surface area contributed by atoms with E-state index in [1.54, 1.807) is 38.7 Å². The number of thiophene rings is 1. The van der Waals surface area contributed by atoms with E-state index in [1.165, 1.54) is 0 Å². The normalized spacial score (nSPS) is 18.5. The molecule has 7 heteroatoms. The van der Waals surface area contributed by atoms with Gasteiger partial charge < -0.3 is 19.3 Å². The summed E-state index contributed by atoms with van der Waals surface area (Å²) in [7, 11) is 4.80. The minimum atomic E-state index is -0.780. The van der Waals surface area contributed by atoms with Crippen molar-refractivity contribution < 1.29 is 24.1 Å². The summed E-state index contributed by atoms with van der Waals surface area (Å²) >= 11 is 1.64. The molecule has 2 atom stereocenters. The molecule has 1 aromatic carbocycles. The van der Waals surface area contributed by atoms with Gasteiger partial charge in [0, 0.05) is 16.5 Å². The van der Waals surface area contributed by atoms with Crippen LogP contribution in [-0.2, 0) is 4.79 Å². The van der Waals surface area contributed by atoms with Crippen molar-refractivity contribution in [3.63, 3.8) is 0 Å². The third-order valence-electron chi connectivity index (χ3n) is 5.21. The van der Waals surface area contributed by atoms with Gasteiger partial charge >= 0.3 is 5.97 Å². The van der Waals surface area contributed by atoms with Crippen LogP contribution in [0.15, 0.2) is 23.6 Å². The van der Waals surface area contributed by atoms with Gasteiger partial charge in [0.15, 0.2) is 11.5 Å². The van der Waals surface area contributed by atoms with Crippen molar-refractivity contribution in [2.24, 2.45) is 0 Å². The van der Waals surface area contributed by atoms with Crippen LogP contribution in [0.25, 0.3) is 0 Å². The number of carboxylic acids is 1. The minimum Gasteiger partial charge on any atom is -0.496 e. The van der Waals surface area contributed by atoms with E-state index in [9.17, 15) is 9.90 Å². The van der Waals surface area contributed by atoms with E-state index in [4.69, 9.17) is 14.2 Å². The second-order valence-corrected chi connectivity index (χ2v) is 7.91. The molecule has 152 valence electrons. The van der Waals surface area contributed by atoms with Crippen molar-refractivity contribution in [3.05, 3.63) is 39.6 Å². The number of benzene rings is 1. The lowest BCUT2D eigenvalue weighted by Crippen LogP contribution is -2.46. The molecule has 2 heterocycles. The van der Waals surface area contributed by atoms with E-state index >= 15 is 0 Å². The molecule has 1 aromatic heterocycles. The second kappa shape index (κ2) is 8.84. The Bertz CT molecular complexity index is 834. The lowest BCUT2D eigenvalue weighted by atomic mass is 9.94. The third kappa shape index (κ3) is 3.95. The maximum Gasteiger partial charge on any atom is 0.320 e. The molecule has 1 aliphatic rings. The molecule has 2 unspecified atom stereocenters. The average Bonchev–Trinajstić information content (AvgIpc) is 3.13. The van der Waals surface area contributed by atoms with Gasteiger partial charge in [-0.3, -0.25) is 9.69 Å². The smallest absolute Gasteiger partial charge is 0.320 e. The Balaban J connectivity index is 2.18. The Labute approximate surface area is 169 Å². The van der Waals surface area contributed by atoms with Gasteiger partial charge in [-0.1, -0.05) is 6.42 Å². The highest BCUT2D eigenvalue weighted by Gasteiger charge is 2.37. The molecule has 3 rings (SSSR count). The molecule has 0 amide bonds. The number of hydrogen-bond acceptors (Lipinski definition) is 6. The van der Waals surface area contributed by atoms with Crippen LogP contribution in [0.3, 0.4) is 0 Å². The number of hydrogen-bond donors (Lipinski definition) is 1. The fourth-order valence-electron chi connectivity index (χ4n) is 3.89. The summed E-state index contributed by atoms with van der Waals surface area (Å²) in [4.78, 5) is 15.2. The first-order valence-corrected chi connectivity index (χ1v) is 10.2. The maximum absolute atomic E-state index is 12.0. The number of carbonyl (C=O) groups is 1. The molecule has 1 fully saturated rings. The number of nitrogens with zero attached hydrogens (tertiary/aromatic N) is 1. The van der Waals surface area contributed by atoms with E-state index in [0.29, 0.717) is 23.7 Å². The first kappa shape index (κ1) is 20.5. The summed E-state index contributed by atoms with van der Waals surface area (Å²) in [5.41, 5.74) is 2.04. The third-order valence-corrected chi connectivity index (χ3v) is 6.31. The second-order valence-electron chi connectivity index (χ2n) is 6.97. The van der Waals surface area contributed by atoms with Crippen molar-refractivity contribution in [1.29, 1.82) is 0 Å². The lowest BCUT2D eigenvalue weighted by molar-refractivity contribution is -0.145. The van der Waals surface area contributed by atoms with E-state index in [2.05, 4.69) is 16.3 Å². The molecule has 1 saturated heterocycles. The number of rotatable bonds is 7. The highest BCUT2D eigenvalue weighted by Crippen LogP contribution is 2.44. The first-order valence-electron chi connectivity index (χ1n) is 9.33. The van der Waals surface area contributed by atoms with E-state index in [-0.39, 0.29) is 6.04 Å². The number of likely N-dealkylation sites (tertiary alicyclic amines) is 1. The van der Waals surface area contributed by atoms with Crippen LogP contribution in [0, 0.1) is 6.92 Å². The maximum atomic E-state index is 12.0. The highest BCUT2D eigenvalue weighted by atomic mass is 32.1. The van der Waals surface area contributed by atoms with Gasteiger partial charge in [0.25, 0.3) is 0 Å². The lowest BCUT2D eigenvalue weighted by Gasteiger charge is -2.39. The molecular weight excluding hydrogens is 378 g/mol. The number of carboxylic acid groups (broad SMARTS) is 1. The molecule has 2 aromatic rings. The van der Waals surface area contributed by atoms with Crippen molar-refractivity contribution in [2.75, 3.05) is 27.9 Å². The van der Waals surface area contributed by atoms with Crippen LogP contribution in [0.5, 0.6) is 17.2 Å². The molecular formula is C21H27NO5S. The van der Waals surface area contributed by atoms with Crippen molar-refractivity contribution in [1.82, 2.24) is 4.90 Å². The quantitative estimate of drug-likeness (QED) is 0.748. The molecule has 1 N–H and O–H groups in total. The van der Waals surface area contributed by atoms with Crippen LogP contribution < -0.4 is 14.2 Å². The Hall–Kier alpha value is -2.25. The summed E-state index contributed by atoms with van der Waals surface area (Å²) in [6.07, 6.45) is 2.54.